The average molecular weight is 307 g/mol. The van der Waals surface area contributed by atoms with E-state index in [0.717, 1.165) is 22.9 Å². The van der Waals surface area contributed by atoms with E-state index < -0.39 is 0 Å². The van der Waals surface area contributed by atoms with Crippen molar-refractivity contribution < 1.29 is 9.53 Å². The van der Waals surface area contributed by atoms with Crippen LogP contribution in [0.25, 0.3) is 10.9 Å². The summed E-state index contributed by atoms with van der Waals surface area (Å²) in [4.78, 5) is 20.5. The molecule has 5 heteroatoms. The van der Waals surface area contributed by atoms with Crippen LogP contribution >= 0.6 is 0 Å². The third kappa shape index (κ3) is 3.45. The maximum Gasteiger partial charge on any atom is 0.252 e. The SMILES string of the molecule is COc1ccc(C(=O)NCCc2cccc3cccnc23)cn1. The maximum atomic E-state index is 12.1. The summed E-state index contributed by atoms with van der Waals surface area (Å²) in [6, 6.07) is 13.4. The lowest BCUT2D eigenvalue weighted by Gasteiger charge is -2.07. The van der Waals surface area contributed by atoms with E-state index in [1.807, 2.05) is 30.3 Å². The lowest BCUT2D eigenvalue weighted by Crippen LogP contribution is -2.25. The van der Waals surface area contributed by atoms with Gasteiger partial charge < -0.3 is 10.1 Å². The fourth-order valence-corrected chi connectivity index (χ4v) is 2.42. The van der Waals surface area contributed by atoms with Gasteiger partial charge in [-0.25, -0.2) is 4.98 Å². The summed E-state index contributed by atoms with van der Waals surface area (Å²) in [7, 11) is 1.54. The number of aromatic nitrogens is 2. The van der Waals surface area contributed by atoms with Crippen LogP contribution in [-0.2, 0) is 6.42 Å². The van der Waals surface area contributed by atoms with Gasteiger partial charge in [-0.2, -0.15) is 0 Å². The molecule has 5 nitrogen and oxygen atoms in total. The van der Waals surface area contributed by atoms with Crippen molar-refractivity contribution in [3.8, 4) is 5.88 Å². The Hall–Kier alpha value is -2.95. The number of methoxy groups -OCH3 is 1. The van der Waals surface area contributed by atoms with Crippen LogP contribution in [-0.4, -0.2) is 29.5 Å². The van der Waals surface area contributed by atoms with Crippen LogP contribution in [0, 0.1) is 0 Å². The second kappa shape index (κ2) is 6.87. The van der Waals surface area contributed by atoms with Crippen LogP contribution in [0.4, 0.5) is 0 Å². The average Bonchev–Trinajstić information content (AvgIpc) is 2.62. The Labute approximate surface area is 134 Å². The number of rotatable bonds is 5. The number of benzene rings is 1. The molecule has 23 heavy (non-hydrogen) atoms. The van der Waals surface area contributed by atoms with E-state index in [4.69, 9.17) is 4.74 Å². The number of carbonyl (C=O) groups is 1. The predicted octanol–water partition coefficient (Wildman–Crippen LogP) is 2.61. The largest absolute Gasteiger partial charge is 0.481 e. The number of hydrogen-bond donors (Lipinski definition) is 1. The molecule has 0 aliphatic rings. The third-order valence-electron chi connectivity index (χ3n) is 3.60. The van der Waals surface area contributed by atoms with Gasteiger partial charge in [0.15, 0.2) is 0 Å². The Balaban J connectivity index is 1.63. The van der Waals surface area contributed by atoms with Crippen LogP contribution in [0.15, 0.2) is 54.9 Å². The standard InChI is InChI=1S/C18H17N3O2/c1-23-16-8-7-15(12-21-16)18(22)20-11-9-14-5-2-4-13-6-3-10-19-17(13)14/h2-8,10,12H,9,11H2,1H3,(H,20,22). The molecule has 0 aliphatic heterocycles. The van der Waals surface area contributed by atoms with Gasteiger partial charge in [-0.1, -0.05) is 24.3 Å². The zero-order valence-corrected chi connectivity index (χ0v) is 12.8. The second-order valence-corrected chi connectivity index (χ2v) is 5.09. The molecule has 0 spiro atoms. The van der Waals surface area contributed by atoms with E-state index in [1.165, 1.54) is 6.20 Å². The summed E-state index contributed by atoms with van der Waals surface area (Å²) in [5, 5.41) is 4.01. The molecule has 2 aromatic heterocycles. The Bertz CT molecular complexity index is 811. The summed E-state index contributed by atoms with van der Waals surface area (Å²) in [5.74, 6) is 0.344. The molecular formula is C18H17N3O2. The first kappa shape index (κ1) is 15.0. The van der Waals surface area contributed by atoms with Gasteiger partial charge in [0, 0.05) is 30.4 Å². The minimum Gasteiger partial charge on any atom is -0.481 e. The molecule has 0 fully saturated rings. The van der Waals surface area contributed by atoms with Crippen molar-refractivity contribution in [2.24, 2.45) is 0 Å². The van der Waals surface area contributed by atoms with Crippen molar-refractivity contribution >= 4 is 16.8 Å². The van der Waals surface area contributed by atoms with Gasteiger partial charge in [-0.3, -0.25) is 9.78 Å². The zero-order chi connectivity index (χ0) is 16.1. The van der Waals surface area contributed by atoms with E-state index in [-0.39, 0.29) is 5.91 Å². The van der Waals surface area contributed by atoms with Gasteiger partial charge >= 0.3 is 0 Å². The summed E-state index contributed by atoms with van der Waals surface area (Å²) in [6.07, 6.45) is 4.02. The van der Waals surface area contributed by atoms with E-state index in [1.54, 1.807) is 25.4 Å². The van der Waals surface area contributed by atoms with E-state index >= 15 is 0 Å². The monoisotopic (exact) mass is 307 g/mol. The molecular weight excluding hydrogens is 290 g/mol. The molecule has 116 valence electrons. The normalized spacial score (nSPS) is 10.5. The number of amides is 1. The Kier molecular flexibility index (Phi) is 4.47. The van der Waals surface area contributed by atoms with Crippen molar-refractivity contribution in [2.45, 2.75) is 6.42 Å². The molecule has 0 saturated carbocycles. The van der Waals surface area contributed by atoms with E-state index in [0.29, 0.717) is 18.0 Å². The Morgan fingerprint density at radius 2 is 2.00 bits per heavy atom. The highest BCUT2D eigenvalue weighted by Crippen LogP contribution is 2.16. The van der Waals surface area contributed by atoms with Crippen LogP contribution in [0.2, 0.25) is 0 Å². The number of nitrogens with zero attached hydrogens (tertiary/aromatic N) is 2. The minimum absolute atomic E-state index is 0.145. The molecule has 3 rings (SSSR count). The second-order valence-electron chi connectivity index (χ2n) is 5.09. The molecule has 1 N–H and O–H groups in total. The molecule has 0 atom stereocenters. The quantitative estimate of drug-likeness (QED) is 0.787. The fourth-order valence-electron chi connectivity index (χ4n) is 2.42. The number of fused-ring (bicyclic) bond motifs is 1. The highest BCUT2D eigenvalue weighted by molar-refractivity contribution is 5.93. The smallest absolute Gasteiger partial charge is 0.252 e. The van der Waals surface area contributed by atoms with Crippen molar-refractivity contribution in [1.82, 2.24) is 15.3 Å². The lowest BCUT2D eigenvalue weighted by atomic mass is 10.1. The molecule has 0 radical (unpaired) electrons. The van der Waals surface area contributed by atoms with Crippen molar-refractivity contribution in [3.05, 3.63) is 66.0 Å². The third-order valence-corrected chi connectivity index (χ3v) is 3.60. The fraction of sp³-hybridized carbons (Fsp3) is 0.167. The number of carbonyl (C=O) groups excluding carboxylic acids is 1. The van der Waals surface area contributed by atoms with Crippen LogP contribution in [0.1, 0.15) is 15.9 Å². The van der Waals surface area contributed by atoms with E-state index in [2.05, 4.69) is 15.3 Å². The van der Waals surface area contributed by atoms with Crippen LogP contribution in [0.5, 0.6) is 5.88 Å². The number of hydrogen-bond acceptors (Lipinski definition) is 4. The van der Waals surface area contributed by atoms with Crippen LogP contribution < -0.4 is 10.1 Å². The summed E-state index contributed by atoms with van der Waals surface area (Å²) in [6.45, 7) is 0.542. The molecule has 3 aromatic rings. The predicted molar refractivity (Wildman–Crippen MR) is 88.6 cm³/mol. The van der Waals surface area contributed by atoms with Gasteiger partial charge in [-0.15, -0.1) is 0 Å². The molecule has 1 amide bonds. The van der Waals surface area contributed by atoms with E-state index in [9.17, 15) is 4.79 Å². The number of pyridine rings is 2. The number of para-hydroxylation sites is 1. The topological polar surface area (TPSA) is 64.1 Å². The lowest BCUT2D eigenvalue weighted by molar-refractivity contribution is 0.0953. The Morgan fingerprint density at radius 1 is 1.13 bits per heavy atom. The molecule has 0 aliphatic carbocycles. The van der Waals surface area contributed by atoms with Gasteiger partial charge in [-0.05, 0) is 24.1 Å². The first-order valence-corrected chi connectivity index (χ1v) is 7.39. The molecule has 1 aromatic carbocycles. The van der Waals surface area contributed by atoms with Crippen LogP contribution in [0.3, 0.4) is 0 Å². The molecule has 0 saturated heterocycles. The summed E-state index contributed by atoms with van der Waals surface area (Å²) < 4.78 is 4.98. The first-order valence-electron chi connectivity index (χ1n) is 7.39. The number of nitrogens with one attached hydrogen (secondary N) is 1. The van der Waals surface area contributed by atoms with Gasteiger partial charge in [0.2, 0.25) is 5.88 Å². The maximum absolute atomic E-state index is 12.1. The van der Waals surface area contributed by atoms with Crippen molar-refractivity contribution in [3.63, 3.8) is 0 Å². The minimum atomic E-state index is -0.145. The highest BCUT2D eigenvalue weighted by Gasteiger charge is 2.07. The highest BCUT2D eigenvalue weighted by atomic mass is 16.5. The van der Waals surface area contributed by atoms with Gasteiger partial charge in [0.1, 0.15) is 0 Å². The first-order chi connectivity index (χ1) is 11.3. The van der Waals surface area contributed by atoms with Crippen molar-refractivity contribution in [1.29, 1.82) is 0 Å². The molecule has 0 bridgehead atoms. The Morgan fingerprint density at radius 3 is 2.78 bits per heavy atom. The van der Waals surface area contributed by atoms with Crippen molar-refractivity contribution in [2.75, 3.05) is 13.7 Å². The molecule has 0 unspecified atom stereocenters. The van der Waals surface area contributed by atoms with Gasteiger partial charge in [0.25, 0.3) is 5.91 Å². The summed E-state index contributed by atoms with van der Waals surface area (Å²) in [5.41, 5.74) is 2.62. The number of ether oxygens (including phenoxy) is 1. The van der Waals surface area contributed by atoms with Gasteiger partial charge in [0.05, 0.1) is 18.2 Å². The summed E-state index contributed by atoms with van der Waals surface area (Å²) >= 11 is 0. The molecule has 2 heterocycles. The zero-order valence-electron chi connectivity index (χ0n) is 12.8.